The predicted octanol–water partition coefficient (Wildman–Crippen LogP) is -6.61. The summed E-state index contributed by atoms with van der Waals surface area (Å²) in [7, 11) is 0. The van der Waals surface area contributed by atoms with Crippen molar-refractivity contribution in [3.8, 4) is 11.5 Å². The quantitative estimate of drug-likeness (QED) is 0.0168. The number of phenols is 2. The van der Waals surface area contributed by atoms with Gasteiger partial charge in [0.15, 0.2) is 5.96 Å². The molecule has 1 fully saturated rings. The van der Waals surface area contributed by atoms with Gasteiger partial charge in [-0.25, -0.2) is 0 Å². The summed E-state index contributed by atoms with van der Waals surface area (Å²) in [5.41, 5.74) is 22.7. The number of hydrogen-bond donors (Lipinski definition) is 19. The summed E-state index contributed by atoms with van der Waals surface area (Å²) in [6.07, 6.45) is -0.717. The van der Waals surface area contributed by atoms with Crippen molar-refractivity contribution in [3.63, 3.8) is 0 Å². The maximum Gasteiger partial charge on any atom is 0.248 e. The molecule has 3 rings (SSSR count). The molecule has 1 heterocycles. The number of aromatic hydroxyl groups is 2. The molecular weight excluding hydrogens is 1260 g/mol. The first-order valence-corrected chi connectivity index (χ1v) is 31.1. The smallest absolute Gasteiger partial charge is 0.248 e. The highest BCUT2D eigenvalue weighted by Crippen LogP contribution is 2.20. The van der Waals surface area contributed by atoms with Crippen LogP contribution in [0.25, 0.3) is 0 Å². The second kappa shape index (κ2) is 39.5. The largest absolute Gasteiger partial charge is 0.508 e. The van der Waals surface area contributed by atoms with Crippen molar-refractivity contribution in [2.75, 3.05) is 32.8 Å². The van der Waals surface area contributed by atoms with Crippen LogP contribution in [0.5, 0.6) is 11.5 Å². The average Bonchev–Trinajstić information content (AvgIpc) is 1.64. The first-order valence-electron chi connectivity index (χ1n) is 31.1. The van der Waals surface area contributed by atoms with E-state index >= 15 is 0 Å². The Labute approximate surface area is 554 Å². The standard InChI is InChI=1S/C61H93N17O18/c1-30(2)22-40(70-34(7)81)55(91)75-43(25-36-14-18-38(83)19-15-36)57(93)72-39(10-8-20-66-61(64)65)53(89)68-32(5)51(87)73-44(26-48(62)84)58(94)74-41(23-31(3)4)54(90)69-33(6)52(88)77-46(29-80)60(96)78-21-9-11-47(78)59(95)67-27-49(85)71-42(24-35-12-16-37(82)17-13-35)56(92)76-45(28-79)50(63)86/h12-19,30-33,39-47,79-80,82-83H,8-11,20-29H2,1-7H3,(H2,62,84)(H2,63,86)(H,67,95)(H,68,89)(H,69,90)(H,70,81)(H,71,85)(H,72,93)(H,73,87)(H,74,94)(H,75,91)(H,76,92)(H,77,88)(H4,64,65,66)/t32-,33-,39-,40-,41-,42-,43-,44-,45-,46-,47-/m0/s1. The minimum Gasteiger partial charge on any atom is -0.508 e. The fourth-order valence-electron chi connectivity index (χ4n) is 9.86. The van der Waals surface area contributed by atoms with E-state index in [1.54, 1.807) is 13.8 Å². The van der Waals surface area contributed by atoms with E-state index in [0.717, 1.165) is 4.90 Å². The highest BCUT2D eigenvalue weighted by atomic mass is 16.3. The average molecular weight is 1350 g/mol. The van der Waals surface area contributed by atoms with Crippen LogP contribution >= 0.6 is 0 Å². The molecule has 1 saturated heterocycles. The number of guanidine groups is 1. The van der Waals surface area contributed by atoms with Gasteiger partial charge in [-0.05, 0) is 99.6 Å². The van der Waals surface area contributed by atoms with Gasteiger partial charge in [-0.2, -0.15) is 0 Å². The molecular formula is C61H93N17O18. The third-order valence-corrected chi connectivity index (χ3v) is 14.8. The number of primary amides is 2. The number of phenolic OH excluding ortho intramolecular Hbond substituents is 2. The van der Waals surface area contributed by atoms with Gasteiger partial charge in [0, 0.05) is 32.9 Å². The highest BCUT2D eigenvalue weighted by Gasteiger charge is 2.40. The molecule has 14 amide bonds. The molecule has 1 aliphatic rings. The van der Waals surface area contributed by atoms with Crippen molar-refractivity contribution in [2.45, 2.75) is 173 Å². The van der Waals surface area contributed by atoms with Crippen molar-refractivity contribution in [3.05, 3.63) is 59.7 Å². The second-order valence-electron chi connectivity index (χ2n) is 24.0. The lowest BCUT2D eigenvalue weighted by atomic mass is 10.0. The second-order valence-corrected chi connectivity index (χ2v) is 24.0. The molecule has 2 aromatic rings. The fraction of sp³-hybridized carbons (Fsp3) is 0.557. The fourth-order valence-corrected chi connectivity index (χ4v) is 9.86. The molecule has 0 unspecified atom stereocenters. The van der Waals surface area contributed by atoms with E-state index in [4.69, 9.17) is 22.9 Å². The number of hydrogen-bond acceptors (Lipinski definition) is 19. The minimum atomic E-state index is -1.77. The van der Waals surface area contributed by atoms with Gasteiger partial charge in [-0.15, -0.1) is 0 Å². The number of amides is 14. The number of aliphatic hydroxyl groups is 2. The predicted molar refractivity (Wildman–Crippen MR) is 344 cm³/mol. The zero-order chi connectivity index (χ0) is 72.1. The monoisotopic (exact) mass is 1350 g/mol. The van der Waals surface area contributed by atoms with Gasteiger partial charge in [0.2, 0.25) is 82.7 Å². The Kier molecular flexibility index (Phi) is 32.9. The van der Waals surface area contributed by atoms with Gasteiger partial charge in [0.1, 0.15) is 78.0 Å². The van der Waals surface area contributed by atoms with Crippen LogP contribution in [0.1, 0.15) is 105 Å². The van der Waals surface area contributed by atoms with E-state index in [9.17, 15) is 87.5 Å². The first-order chi connectivity index (χ1) is 45.1. The van der Waals surface area contributed by atoms with E-state index < -0.39 is 175 Å². The van der Waals surface area contributed by atoms with Crippen molar-refractivity contribution in [2.24, 2.45) is 39.8 Å². The SMILES string of the molecule is CC(=O)N[C@@H](CC(C)C)C(=O)N[C@@H](Cc1ccc(O)cc1)C(=O)N[C@@H](CCCN=C(N)N)C(=O)N[C@@H](C)C(=O)N[C@@H](CC(N)=O)C(=O)N[C@@H](CC(C)C)C(=O)N[C@@H](C)C(=O)N[C@@H](CO)C(=O)N1CCC[C@H]1C(=O)NCC(=O)N[C@@H](Cc1ccc(O)cc1)C(=O)N[C@@H](CO)C(N)=O. The molecule has 96 heavy (non-hydrogen) atoms. The van der Waals surface area contributed by atoms with E-state index in [2.05, 4.69) is 63.5 Å². The van der Waals surface area contributed by atoms with Crippen LogP contribution in [0.2, 0.25) is 0 Å². The van der Waals surface area contributed by atoms with Gasteiger partial charge in [-0.1, -0.05) is 52.0 Å². The number of rotatable bonds is 39. The molecule has 11 atom stereocenters. The topological polar surface area (TPSA) is 572 Å². The van der Waals surface area contributed by atoms with E-state index in [0.29, 0.717) is 11.1 Å². The van der Waals surface area contributed by atoms with Crippen LogP contribution < -0.4 is 81.4 Å². The van der Waals surface area contributed by atoms with Crippen LogP contribution in [-0.4, -0.2) is 213 Å². The summed E-state index contributed by atoms with van der Waals surface area (Å²) in [5.74, 6) is -13.6. The van der Waals surface area contributed by atoms with Gasteiger partial charge in [0.25, 0.3) is 0 Å². The van der Waals surface area contributed by atoms with E-state index in [1.807, 2.05) is 13.8 Å². The lowest BCUT2D eigenvalue weighted by molar-refractivity contribution is -0.143. The van der Waals surface area contributed by atoms with Crippen molar-refractivity contribution >= 4 is 88.7 Å². The van der Waals surface area contributed by atoms with E-state index in [-0.39, 0.29) is 93.8 Å². The summed E-state index contributed by atoms with van der Waals surface area (Å²) < 4.78 is 0. The maximum atomic E-state index is 14.2. The third kappa shape index (κ3) is 27.8. The number of nitrogens with one attached hydrogen (secondary N) is 11. The highest BCUT2D eigenvalue weighted by molar-refractivity contribution is 6.00. The van der Waals surface area contributed by atoms with Crippen LogP contribution in [-0.2, 0) is 80.0 Å². The molecule has 0 radical (unpaired) electrons. The summed E-state index contributed by atoms with van der Waals surface area (Å²) in [6.45, 7) is 8.11. The number of aliphatic hydroxyl groups excluding tert-OH is 2. The molecule has 0 bridgehead atoms. The molecule has 35 heteroatoms. The van der Waals surface area contributed by atoms with Gasteiger partial charge >= 0.3 is 0 Å². The Morgan fingerprint density at radius 2 is 0.938 bits per heavy atom. The molecule has 0 saturated carbocycles. The third-order valence-electron chi connectivity index (χ3n) is 14.8. The Bertz CT molecular complexity index is 3090. The molecule has 0 spiro atoms. The zero-order valence-corrected chi connectivity index (χ0v) is 54.7. The number of nitrogens with zero attached hydrogens (tertiary/aromatic N) is 2. The first kappa shape index (κ1) is 80.0. The molecule has 23 N–H and O–H groups in total. The van der Waals surface area contributed by atoms with Crippen molar-refractivity contribution < 1.29 is 87.5 Å². The Hall–Kier alpha value is -10.2. The maximum absolute atomic E-state index is 14.2. The zero-order valence-electron chi connectivity index (χ0n) is 54.7. The Morgan fingerprint density at radius 1 is 0.521 bits per heavy atom. The van der Waals surface area contributed by atoms with Gasteiger partial charge in [-0.3, -0.25) is 72.1 Å². The van der Waals surface area contributed by atoms with Crippen LogP contribution in [0, 0.1) is 11.8 Å². The summed E-state index contributed by atoms with van der Waals surface area (Å²) in [4.78, 5) is 192. The molecule has 530 valence electrons. The van der Waals surface area contributed by atoms with Crippen LogP contribution in [0.15, 0.2) is 53.5 Å². The number of carbonyl (C=O) groups is 14. The molecule has 35 nitrogen and oxygen atoms in total. The Morgan fingerprint density at radius 3 is 1.41 bits per heavy atom. The Balaban J connectivity index is 1.73. The number of aliphatic imine (C=N–C) groups is 1. The molecule has 0 aliphatic carbocycles. The van der Waals surface area contributed by atoms with Crippen molar-refractivity contribution in [1.82, 2.24) is 63.4 Å². The number of nitrogens with two attached hydrogens (primary N) is 4. The molecule has 2 aromatic carbocycles. The number of carbonyl (C=O) groups excluding carboxylic acids is 14. The number of benzene rings is 2. The normalized spacial score (nSPS) is 15.7. The van der Waals surface area contributed by atoms with Crippen LogP contribution in [0.3, 0.4) is 0 Å². The molecule has 0 aromatic heterocycles. The molecule has 1 aliphatic heterocycles. The summed E-state index contributed by atoms with van der Waals surface area (Å²) >= 11 is 0. The van der Waals surface area contributed by atoms with Crippen LogP contribution in [0.4, 0.5) is 0 Å². The number of likely N-dealkylation sites (tertiary alicyclic amines) is 1. The summed E-state index contributed by atoms with van der Waals surface area (Å²) in [6, 6.07) is -4.51. The van der Waals surface area contributed by atoms with E-state index in [1.165, 1.54) is 69.3 Å². The lowest BCUT2D eigenvalue weighted by Crippen LogP contribution is -2.60. The van der Waals surface area contributed by atoms with Gasteiger partial charge < -0.3 is 107 Å². The van der Waals surface area contributed by atoms with Gasteiger partial charge in [0.05, 0.1) is 26.2 Å². The van der Waals surface area contributed by atoms with Crippen molar-refractivity contribution in [1.29, 1.82) is 0 Å². The lowest BCUT2D eigenvalue weighted by Gasteiger charge is -2.29. The minimum absolute atomic E-state index is 0.00845. The summed E-state index contributed by atoms with van der Waals surface area (Å²) in [5, 5.41) is 66.4.